The number of carbonyl (C=O) groups is 1. The molecule has 2 aromatic heterocycles. The van der Waals surface area contributed by atoms with Crippen molar-refractivity contribution in [1.29, 1.82) is 0 Å². The van der Waals surface area contributed by atoms with Gasteiger partial charge < -0.3 is 8.94 Å². The summed E-state index contributed by atoms with van der Waals surface area (Å²) in [5.74, 6) is 0.993. The van der Waals surface area contributed by atoms with Gasteiger partial charge in [0, 0.05) is 18.9 Å². The van der Waals surface area contributed by atoms with Crippen LogP contribution in [-0.2, 0) is 10.2 Å². The Morgan fingerprint density at radius 1 is 1.35 bits per heavy atom. The Hall–Kier alpha value is -2.18. The highest BCUT2D eigenvalue weighted by molar-refractivity contribution is 5.90. The maximum Gasteiger partial charge on any atom is 0.231 e. The highest BCUT2D eigenvalue weighted by Gasteiger charge is 2.33. The van der Waals surface area contributed by atoms with Crippen molar-refractivity contribution in [3.63, 3.8) is 0 Å². The fraction of sp³-hybridized carbons (Fsp3) is 0.538. The summed E-state index contributed by atoms with van der Waals surface area (Å²) < 4.78 is 10.6. The molecule has 0 saturated heterocycles. The Morgan fingerprint density at radius 3 is 2.60 bits per heavy atom. The predicted molar refractivity (Wildman–Crippen MR) is 71.1 cm³/mol. The van der Waals surface area contributed by atoms with Gasteiger partial charge in [-0.3, -0.25) is 10.1 Å². The van der Waals surface area contributed by atoms with E-state index in [1.165, 1.54) is 0 Å². The fourth-order valence-electron chi connectivity index (χ4n) is 1.55. The lowest BCUT2D eigenvalue weighted by molar-refractivity contribution is -0.119. The van der Waals surface area contributed by atoms with Crippen LogP contribution in [0.3, 0.4) is 0 Å². The Morgan fingerprint density at radius 2 is 2.05 bits per heavy atom. The third-order valence-electron chi connectivity index (χ3n) is 2.98. The molecule has 20 heavy (non-hydrogen) atoms. The van der Waals surface area contributed by atoms with Gasteiger partial charge in [-0.15, -0.1) is 10.2 Å². The molecule has 1 amide bonds. The van der Waals surface area contributed by atoms with E-state index in [0.29, 0.717) is 23.4 Å². The van der Waals surface area contributed by atoms with Gasteiger partial charge in [0.2, 0.25) is 23.6 Å². The zero-order chi connectivity index (χ0) is 14.9. The molecule has 0 aliphatic carbocycles. The van der Waals surface area contributed by atoms with Crippen LogP contribution in [0.5, 0.6) is 0 Å². The van der Waals surface area contributed by atoms with E-state index in [-0.39, 0.29) is 11.8 Å². The van der Waals surface area contributed by atoms with Gasteiger partial charge in [0.25, 0.3) is 0 Å². The van der Waals surface area contributed by atoms with E-state index < -0.39 is 5.41 Å². The van der Waals surface area contributed by atoms with Gasteiger partial charge in [-0.2, -0.15) is 0 Å². The Labute approximate surface area is 116 Å². The van der Waals surface area contributed by atoms with Crippen molar-refractivity contribution in [3.8, 4) is 0 Å². The van der Waals surface area contributed by atoms with Crippen molar-refractivity contribution in [2.45, 2.75) is 40.0 Å². The number of aromatic nitrogens is 3. The fourth-order valence-corrected chi connectivity index (χ4v) is 1.55. The first-order valence-corrected chi connectivity index (χ1v) is 6.39. The number of nitrogens with one attached hydrogen (secondary N) is 1. The van der Waals surface area contributed by atoms with Gasteiger partial charge in [-0.25, -0.2) is 0 Å². The first kappa shape index (κ1) is 14.2. The van der Waals surface area contributed by atoms with E-state index in [0.717, 1.165) is 0 Å². The molecule has 7 heteroatoms. The lowest BCUT2D eigenvalue weighted by Gasteiger charge is -2.15. The molecule has 0 saturated carbocycles. The minimum atomic E-state index is -0.592. The number of nitrogens with zero attached hydrogens (tertiary/aromatic N) is 3. The highest BCUT2D eigenvalue weighted by atomic mass is 16.5. The number of hydrogen-bond donors (Lipinski definition) is 1. The third kappa shape index (κ3) is 2.71. The number of amides is 1. The van der Waals surface area contributed by atoms with Crippen LogP contribution in [0.25, 0.3) is 0 Å². The Balaban J connectivity index is 2.21. The van der Waals surface area contributed by atoms with Crippen LogP contribution < -0.4 is 5.32 Å². The van der Waals surface area contributed by atoms with Crippen LogP contribution in [0, 0.1) is 12.8 Å². The average Bonchev–Trinajstić information content (AvgIpc) is 2.98. The van der Waals surface area contributed by atoms with Crippen LogP contribution >= 0.6 is 0 Å². The predicted octanol–water partition coefficient (Wildman–Crippen LogP) is 2.29. The molecule has 2 rings (SSSR count). The van der Waals surface area contributed by atoms with Gasteiger partial charge in [-0.1, -0.05) is 19.0 Å². The van der Waals surface area contributed by atoms with Gasteiger partial charge in [0.1, 0.15) is 5.69 Å². The van der Waals surface area contributed by atoms with Crippen molar-refractivity contribution >= 4 is 11.8 Å². The van der Waals surface area contributed by atoms with Gasteiger partial charge in [0.15, 0.2) is 0 Å². The molecule has 0 aliphatic heterocycles. The maximum atomic E-state index is 11.6. The first-order chi connectivity index (χ1) is 9.30. The van der Waals surface area contributed by atoms with Crippen molar-refractivity contribution < 1.29 is 13.7 Å². The second-order valence-corrected chi connectivity index (χ2v) is 5.47. The standard InChI is InChI=1S/C13H18N4O3/c1-7(2)11(18)14-10-6-9(17-20-10)13(4,5)12-16-15-8(3)19-12/h6-7H,1-5H3,(H,14,18). The van der Waals surface area contributed by atoms with Gasteiger partial charge in [-0.05, 0) is 13.8 Å². The molecule has 0 spiro atoms. The average molecular weight is 278 g/mol. The molecule has 0 bridgehead atoms. The molecule has 0 aliphatic rings. The van der Waals surface area contributed by atoms with Crippen LogP contribution in [0.4, 0.5) is 5.88 Å². The largest absolute Gasteiger partial charge is 0.425 e. The normalized spacial score (nSPS) is 11.9. The summed E-state index contributed by atoms with van der Waals surface area (Å²) in [5, 5.41) is 14.4. The molecule has 0 radical (unpaired) electrons. The Kier molecular flexibility index (Phi) is 3.61. The molecule has 0 atom stereocenters. The van der Waals surface area contributed by atoms with E-state index in [2.05, 4.69) is 20.7 Å². The smallest absolute Gasteiger partial charge is 0.231 e. The second kappa shape index (κ2) is 5.07. The molecular weight excluding hydrogens is 260 g/mol. The topological polar surface area (TPSA) is 94.1 Å². The monoisotopic (exact) mass is 278 g/mol. The van der Waals surface area contributed by atoms with Crippen molar-refractivity contribution in [2.24, 2.45) is 5.92 Å². The van der Waals surface area contributed by atoms with Crippen molar-refractivity contribution in [3.05, 3.63) is 23.5 Å². The van der Waals surface area contributed by atoms with Crippen LogP contribution in [0.15, 0.2) is 15.0 Å². The number of rotatable bonds is 4. The van der Waals surface area contributed by atoms with E-state index >= 15 is 0 Å². The summed E-state index contributed by atoms with van der Waals surface area (Å²) in [6, 6.07) is 1.67. The molecule has 2 aromatic rings. The van der Waals surface area contributed by atoms with Crippen LogP contribution in [0.1, 0.15) is 45.2 Å². The van der Waals surface area contributed by atoms with Crippen molar-refractivity contribution in [2.75, 3.05) is 5.32 Å². The van der Waals surface area contributed by atoms with E-state index in [4.69, 9.17) is 8.94 Å². The summed E-state index contributed by atoms with van der Waals surface area (Å²) in [6.45, 7) is 9.12. The molecule has 0 fully saturated rings. The number of aryl methyl sites for hydroxylation is 1. The lowest BCUT2D eigenvalue weighted by atomic mass is 9.89. The summed E-state index contributed by atoms with van der Waals surface area (Å²) in [5.41, 5.74) is 0.0196. The summed E-state index contributed by atoms with van der Waals surface area (Å²) in [7, 11) is 0. The van der Waals surface area contributed by atoms with Crippen LogP contribution in [0.2, 0.25) is 0 Å². The molecule has 2 heterocycles. The summed E-state index contributed by atoms with van der Waals surface area (Å²) in [6.07, 6.45) is 0. The minimum Gasteiger partial charge on any atom is -0.425 e. The lowest BCUT2D eigenvalue weighted by Crippen LogP contribution is -2.20. The minimum absolute atomic E-state index is 0.126. The SMILES string of the molecule is Cc1nnc(C(C)(C)c2cc(NC(=O)C(C)C)on2)o1. The van der Waals surface area contributed by atoms with E-state index in [1.807, 2.05) is 13.8 Å². The maximum absolute atomic E-state index is 11.6. The molecule has 7 nitrogen and oxygen atoms in total. The first-order valence-electron chi connectivity index (χ1n) is 6.39. The highest BCUT2D eigenvalue weighted by Crippen LogP contribution is 2.31. The zero-order valence-corrected chi connectivity index (χ0v) is 12.2. The molecule has 108 valence electrons. The van der Waals surface area contributed by atoms with E-state index in [1.54, 1.807) is 26.8 Å². The molecule has 0 aromatic carbocycles. The zero-order valence-electron chi connectivity index (χ0n) is 12.2. The molecule has 1 N–H and O–H groups in total. The quantitative estimate of drug-likeness (QED) is 0.922. The molecule has 0 unspecified atom stereocenters. The van der Waals surface area contributed by atoms with Gasteiger partial charge in [0.05, 0.1) is 5.41 Å². The van der Waals surface area contributed by atoms with E-state index in [9.17, 15) is 4.79 Å². The Bertz CT molecular complexity index is 613. The third-order valence-corrected chi connectivity index (χ3v) is 2.98. The molecular formula is C13H18N4O3. The van der Waals surface area contributed by atoms with Gasteiger partial charge >= 0.3 is 0 Å². The summed E-state index contributed by atoms with van der Waals surface area (Å²) in [4.78, 5) is 11.6. The van der Waals surface area contributed by atoms with Crippen molar-refractivity contribution in [1.82, 2.24) is 15.4 Å². The second-order valence-electron chi connectivity index (χ2n) is 5.47. The number of carbonyl (C=O) groups excluding carboxylic acids is 1. The van der Waals surface area contributed by atoms with Crippen LogP contribution in [-0.4, -0.2) is 21.3 Å². The number of hydrogen-bond acceptors (Lipinski definition) is 6. The number of anilines is 1. The summed E-state index contributed by atoms with van der Waals surface area (Å²) >= 11 is 0.